The number of aromatic nitrogens is 2. The van der Waals surface area contributed by atoms with Crippen LogP contribution in [0.25, 0.3) is 0 Å². The van der Waals surface area contributed by atoms with Gasteiger partial charge in [0.25, 0.3) is 0 Å². The van der Waals surface area contributed by atoms with Crippen molar-refractivity contribution in [2.75, 3.05) is 0 Å². The van der Waals surface area contributed by atoms with Crippen LogP contribution in [0.3, 0.4) is 0 Å². The Labute approximate surface area is 98.2 Å². The third kappa shape index (κ3) is 2.61. The average molecular weight is 241 g/mol. The molecular formula is C10H15N3O4. The smallest absolute Gasteiger partial charge is 0.381 e. The Balaban J connectivity index is 3.13. The number of carboxylic acid groups (broad SMARTS) is 1. The van der Waals surface area contributed by atoms with Gasteiger partial charge in [0.05, 0.1) is 0 Å². The molecule has 1 rings (SSSR count). The van der Waals surface area contributed by atoms with Gasteiger partial charge in [0, 0.05) is 0 Å². The fourth-order valence-corrected chi connectivity index (χ4v) is 1.77. The highest BCUT2D eigenvalue weighted by Crippen LogP contribution is 2.26. The third-order valence-electron chi connectivity index (χ3n) is 2.59. The summed E-state index contributed by atoms with van der Waals surface area (Å²) in [5.41, 5.74) is -1.21. The van der Waals surface area contributed by atoms with Crippen molar-refractivity contribution in [1.29, 1.82) is 0 Å². The van der Waals surface area contributed by atoms with Gasteiger partial charge < -0.3 is 15.2 Å². The molecule has 0 bridgehead atoms. The van der Waals surface area contributed by atoms with E-state index >= 15 is 0 Å². The molecule has 7 heteroatoms. The zero-order valence-corrected chi connectivity index (χ0v) is 9.95. The molecule has 0 saturated heterocycles. The number of rotatable bonds is 5. The van der Waals surface area contributed by atoms with Crippen molar-refractivity contribution in [3.63, 3.8) is 0 Å². The Kier molecular flexibility index (Phi) is 3.50. The minimum absolute atomic E-state index is 0.151. The van der Waals surface area contributed by atoms with E-state index in [1.54, 1.807) is 0 Å². The topological polar surface area (TPSA) is 98.3 Å². The van der Waals surface area contributed by atoms with Crippen molar-refractivity contribution in [1.82, 2.24) is 9.55 Å². The van der Waals surface area contributed by atoms with Crippen LogP contribution in [0.2, 0.25) is 0 Å². The number of carboxylic acids is 1. The molecule has 94 valence electrons. The molecule has 1 atom stereocenters. The second kappa shape index (κ2) is 4.52. The maximum Gasteiger partial charge on any atom is 0.381 e. The molecule has 0 amide bonds. The van der Waals surface area contributed by atoms with E-state index in [0.29, 0.717) is 6.42 Å². The maximum absolute atomic E-state index is 11.3. The molecule has 7 nitrogen and oxygen atoms in total. The first-order valence-electron chi connectivity index (χ1n) is 5.19. The molecule has 0 aliphatic carbocycles. The van der Waals surface area contributed by atoms with Gasteiger partial charge in [-0.1, -0.05) is 13.8 Å². The normalized spacial score (nSPS) is 14.6. The lowest BCUT2D eigenvalue weighted by atomic mass is 9.90. The number of carbonyl (C=O) groups is 1. The molecule has 1 aromatic heterocycles. The molecule has 1 heterocycles. The van der Waals surface area contributed by atoms with Gasteiger partial charge in [-0.05, 0) is 29.2 Å². The Morgan fingerprint density at radius 3 is 2.65 bits per heavy atom. The summed E-state index contributed by atoms with van der Waals surface area (Å²) in [6.45, 7) is 5.32. The van der Waals surface area contributed by atoms with Crippen LogP contribution in [0.4, 0.5) is 5.82 Å². The molecule has 17 heavy (non-hydrogen) atoms. The summed E-state index contributed by atoms with van der Waals surface area (Å²) in [7, 11) is 0. The van der Waals surface area contributed by atoms with Gasteiger partial charge in [-0.25, -0.2) is 4.79 Å². The zero-order valence-electron chi connectivity index (χ0n) is 9.95. The summed E-state index contributed by atoms with van der Waals surface area (Å²) < 4.78 is 1.29. The number of nitro groups is 1. The molecule has 0 spiro atoms. The third-order valence-corrected chi connectivity index (χ3v) is 2.59. The fraction of sp³-hybridized carbons (Fsp3) is 0.600. The van der Waals surface area contributed by atoms with Crippen LogP contribution in [0.1, 0.15) is 27.2 Å². The summed E-state index contributed by atoms with van der Waals surface area (Å²) in [5, 5.41) is 19.8. The van der Waals surface area contributed by atoms with E-state index in [9.17, 15) is 20.0 Å². The van der Waals surface area contributed by atoms with Crippen molar-refractivity contribution in [3.8, 4) is 0 Å². The fourth-order valence-electron chi connectivity index (χ4n) is 1.77. The first-order chi connectivity index (χ1) is 7.77. The summed E-state index contributed by atoms with van der Waals surface area (Å²) in [4.78, 5) is 24.8. The quantitative estimate of drug-likeness (QED) is 0.624. The summed E-state index contributed by atoms with van der Waals surface area (Å²) in [5.74, 6) is -1.22. The molecule has 0 fully saturated rings. The van der Waals surface area contributed by atoms with Crippen LogP contribution in [0.5, 0.6) is 0 Å². The van der Waals surface area contributed by atoms with E-state index < -0.39 is 16.4 Å². The molecule has 0 aromatic carbocycles. The minimum atomic E-state index is -1.21. The van der Waals surface area contributed by atoms with Crippen molar-refractivity contribution in [3.05, 3.63) is 22.6 Å². The minimum Gasteiger partial charge on any atom is -0.479 e. The second-order valence-electron chi connectivity index (χ2n) is 4.57. The first kappa shape index (κ1) is 13.1. The van der Waals surface area contributed by atoms with Crippen molar-refractivity contribution < 1.29 is 14.8 Å². The van der Waals surface area contributed by atoms with Gasteiger partial charge in [0.2, 0.25) is 6.33 Å². The SMILES string of the molecule is CC(C)CC(C)(C(=O)O)n1cnc([N+](=O)[O-])c1. The van der Waals surface area contributed by atoms with Gasteiger partial charge in [-0.3, -0.25) is 4.57 Å². The highest BCUT2D eigenvalue weighted by molar-refractivity contribution is 5.76. The van der Waals surface area contributed by atoms with Crippen LogP contribution in [0.15, 0.2) is 12.5 Å². The zero-order chi connectivity index (χ0) is 13.2. The van der Waals surface area contributed by atoms with Gasteiger partial charge in [-0.2, -0.15) is 0 Å². The van der Waals surface area contributed by atoms with Gasteiger partial charge >= 0.3 is 11.8 Å². The van der Waals surface area contributed by atoms with Crippen LogP contribution >= 0.6 is 0 Å². The lowest BCUT2D eigenvalue weighted by molar-refractivity contribution is -0.389. The monoisotopic (exact) mass is 241 g/mol. The van der Waals surface area contributed by atoms with Crippen molar-refractivity contribution in [2.45, 2.75) is 32.7 Å². The summed E-state index contributed by atoms with van der Waals surface area (Å²) in [6.07, 6.45) is 2.71. The second-order valence-corrected chi connectivity index (χ2v) is 4.57. The van der Waals surface area contributed by atoms with Crippen LogP contribution in [-0.4, -0.2) is 25.6 Å². The lowest BCUT2D eigenvalue weighted by Gasteiger charge is -2.27. The maximum atomic E-state index is 11.3. The highest BCUT2D eigenvalue weighted by atomic mass is 16.6. The van der Waals surface area contributed by atoms with Gasteiger partial charge in [0.1, 0.15) is 11.7 Å². The van der Waals surface area contributed by atoms with E-state index in [-0.39, 0.29) is 11.7 Å². The van der Waals surface area contributed by atoms with E-state index in [1.165, 1.54) is 17.8 Å². The molecule has 0 radical (unpaired) electrons. The standard InChI is InChI=1S/C10H15N3O4/c1-7(2)4-10(3,9(14)15)12-5-8(11-6-12)13(16)17/h5-7H,4H2,1-3H3,(H,14,15). The predicted octanol–water partition coefficient (Wildman–Crippen LogP) is 1.64. The average Bonchev–Trinajstić information content (AvgIpc) is 2.64. The highest BCUT2D eigenvalue weighted by Gasteiger charge is 2.37. The molecule has 1 aromatic rings. The van der Waals surface area contributed by atoms with E-state index in [4.69, 9.17) is 0 Å². The Morgan fingerprint density at radius 2 is 2.29 bits per heavy atom. The molecule has 0 aliphatic rings. The number of aliphatic carboxylic acids is 1. The van der Waals surface area contributed by atoms with Crippen molar-refractivity contribution >= 4 is 11.8 Å². The van der Waals surface area contributed by atoms with Gasteiger partial charge in [-0.15, -0.1) is 0 Å². The first-order valence-corrected chi connectivity index (χ1v) is 5.19. The molecule has 0 aliphatic heterocycles. The molecule has 0 saturated carbocycles. The molecule has 1 N–H and O–H groups in total. The Hall–Kier alpha value is -1.92. The molecular weight excluding hydrogens is 226 g/mol. The van der Waals surface area contributed by atoms with Crippen LogP contribution in [-0.2, 0) is 10.3 Å². The number of hydrogen-bond donors (Lipinski definition) is 1. The Bertz CT molecular complexity index is 441. The van der Waals surface area contributed by atoms with Gasteiger partial charge in [0.15, 0.2) is 0 Å². The summed E-state index contributed by atoms with van der Waals surface area (Å²) >= 11 is 0. The van der Waals surface area contributed by atoms with Crippen LogP contribution in [0, 0.1) is 16.0 Å². The Morgan fingerprint density at radius 1 is 1.71 bits per heavy atom. The van der Waals surface area contributed by atoms with E-state index in [0.717, 1.165) is 6.20 Å². The lowest BCUT2D eigenvalue weighted by Crippen LogP contribution is -2.39. The van der Waals surface area contributed by atoms with Crippen LogP contribution < -0.4 is 0 Å². The number of nitrogens with zero attached hydrogens (tertiary/aromatic N) is 3. The predicted molar refractivity (Wildman–Crippen MR) is 59.6 cm³/mol. The number of hydrogen-bond acceptors (Lipinski definition) is 4. The van der Waals surface area contributed by atoms with Crippen molar-refractivity contribution in [2.24, 2.45) is 5.92 Å². The number of imidazole rings is 1. The summed E-state index contributed by atoms with van der Waals surface area (Å²) in [6, 6.07) is 0. The van der Waals surface area contributed by atoms with E-state index in [2.05, 4.69) is 4.98 Å². The van der Waals surface area contributed by atoms with E-state index in [1.807, 2.05) is 13.8 Å². The molecule has 1 unspecified atom stereocenters. The largest absolute Gasteiger partial charge is 0.479 e.